The van der Waals surface area contributed by atoms with E-state index in [1.807, 2.05) is 60.7 Å². The van der Waals surface area contributed by atoms with Gasteiger partial charge in [0.2, 0.25) is 0 Å². The number of benzene rings is 2. The molecule has 0 spiro atoms. The summed E-state index contributed by atoms with van der Waals surface area (Å²) in [5.41, 5.74) is 1.76. The van der Waals surface area contributed by atoms with Gasteiger partial charge in [0, 0.05) is 0 Å². The molecule has 138 valence electrons. The van der Waals surface area contributed by atoms with Crippen LogP contribution in [0.4, 0.5) is 0 Å². The molecule has 0 aromatic heterocycles. The molecule has 0 bridgehead atoms. The molecular weight excluding hydrogens is 332 g/mol. The van der Waals surface area contributed by atoms with Crippen molar-refractivity contribution >= 4 is 11.9 Å². The van der Waals surface area contributed by atoms with Crippen molar-refractivity contribution in [3.05, 3.63) is 71.8 Å². The van der Waals surface area contributed by atoms with Gasteiger partial charge in [0.25, 0.3) is 0 Å². The molecule has 5 nitrogen and oxygen atoms in total. The fraction of sp³-hybridized carbons (Fsp3) is 0.333. The van der Waals surface area contributed by atoms with Crippen molar-refractivity contribution < 1.29 is 24.9 Å². The van der Waals surface area contributed by atoms with Gasteiger partial charge in [0.05, 0.1) is 17.9 Å². The standard InChI is InChI=1S/C21H24O5/c22-19(13-17(20(23)24)11-15-7-3-1-4-8-15)14-18(21(25)26)12-16-9-5-2-6-10-16/h1-10,17-19,22H,11-14H2,(H,23,24)(H,25,26)/t17-,18-/m1/s1. The van der Waals surface area contributed by atoms with Gasteiger partial charge in [-0.25, -0.2) is 0 Å². The average molecular weight is 356 g/mol. The first-order valence-corrected chi connectivity index (χ1v) is 8.67. The van der Waals surface area contributed by atoms with Gasteiger partial charge in [-0.05, 0) is 36.8 Å². The van der Waals surface area contributed by atoms with E-state index in [-0.39, 0.29) is 12.8 Å². The second-order valence-electron chi connectivity index (χ2n) is 6.57. The third-order valence-electron chi connectivity index (χ3n) is 4.46. The highest BCUT2D eigenvalue weighted by atomic mass is 16.4. The van der Waals surface area contributed by atoms with Crippen LogP contribution in [0.3, 0.4) is 0 Å². The first-order chi connectivity index (χ1) is 12.5. The van der Waals surface area contributed by atoms with Crippen LogP contribution < -0.4 is 0 Å². The average Bonchev–Trinajstić information content (AvgIpc) is 2.62. The zero-order valence-corrected chi connectivity index (χ0v) is 14.5. The zero-order chi connectivity index (χ0) is 18.9. The largest absolute Gasteiger partial charge is 0.481 e. The second-order valence-corrected chi connectivity index (χ2v) is 6.57. The van der Waals surface area contributed by atoms with Gasteiger partial charge in [-0.2, -0.15) is 0 Å². The topological polar surface area (TPSA) is 94.8 Å². The van der Waals surface area contributed by atoms with Gasteiger partial charge in [-0.3, -0.25) is 9.59 Å². The Hall–Kier alpha value is -2.66. The zero-order valence-electron chi connectivity index (χ0n) is 14.5. The third kappa shape index (κ3) is 6.33. The van der Waals surface area contributed by atoms with Crippen molar-refractivity contribution in [2.24, 2.45) is 11.8 Å². The quantitative estimate of drug-likeness (QED) is 0.608. The fourth-order valence-electron chi connectivity index (χ4n) is 3.09. The summed E-state index contributed by atoms with van der Waals surface area (Å²) in [6, 6.07) is 18.4. The Labute approximate surface area is 152 Å². The van der Waals surface area contributed by atoms with E-state index in [9.17, 15) is 24.9 Å². The van der Waals surface area contributed by atoms with E-state index >= 15 is 0 Å². The van der Waals surface area contributed by atoms with Crippen LogP contribution in [0.1, 0.15) is 24.0 Å². The van der Waals surface area contributed by atoms with Gasteiger partial charge in [-0.15, -0.1) is 0 Å². The Kier molecular flexibility index (Phi) is 7.36. The smallest absolute Gasteiger partial charge is 0.306 e. The Morgan fingerprint density at radius 3 is 1.35 bits per heavy atom. The van der Waals surface area contributed by atoms with E-state index in [1.165, 1.54) is 0 Å². The molecule has 3 N–H and O–H groups in total. The molecule has 0 fully saturated rings. The van der Waals surface area contributed by atoms with Crippen molar-refractivity contribution in [3.8, 4) is 0 Å². The predicted molar refractivity (Wildman–Crippen MR) is 97.8 cm³/mol. The minimum Gasteiger partial charge on any atom is -0.481 e. The number of hydrogen-bond donors (Lipinski definition) is 3. The number of carboxylic acid groups (broad SMARTS) is 2. The summed E-state index contributed by atoms with van der Waals surface area (Å²) in [7, 11) is 0. The molecule has 2 atom stereocenters. The summed E-state index contributed by atoms with van der Waals surface area (Å²) in [6.07, 6.45) is -0.302. The maximum Gasteiger partial charge on any atom is 0.306 e. The van der Waals surface area contributed by atoms with Crippen LogP contribution >= 0.6 is 0 Å². The normalized spacial score (nSPS) is 13.3. The SMILES string of the molecule is O=C(O)[C@H](Cc1ccccc1)CC(O)C[C@@H](Cc1ccccc1)C(=O)O. The molecule has 0 saturated heterocycles. The minimum absolute atomic E-state index is 0.0306. The van der Waals surface area contributed by atoms with Crippen molar-refractivity contribution in [1.29, 1.82) is 0 Å². The molecule has 0 aliphatic carbocycles. The van der Waals surface area contributed by atoms with Crippen molar-refractivity contribution in [3.63, 3.8) is 0 Å². The highest BCUT2D eigenvalue weighted by Crippen LogP contribution is 2.21. The van der Waals surface area contributed by atoms with Gasteiger partial charge in [0.15, 0.2) is 0 Å². The van der Waals surface area contributed by atoms with E-state index in [2.05, 4.69) is 0 Å². The van der Waals surface area contributed by atoms with Crippen LogP contribution in [0.5, 0.6) is 0 Å². The van der Waals surface area contributed by atoms with E-state index in [1.54, 1.807) is 0 Å². The van der Waals surface area contributed by atoms with Crippen molar-refractivity contribution in [2.75, 3.05) is 0 Å². The molecule has 2 aromatic carbocycles. The first kappa shape index (κ1) is 19.7. The Morgan fingerprint density at radius 2 is 1.04 bits per heavy atom. The molecule has 26 heavy (non-hydrogen) atoms. The van der Waals surface area contributed by atoms with E-state index in [4.69, 9.17) is 0 Å². The molecule has 2 aromatic rings. The fourth-order valence-corrected chi connectivity index (χ4v) is 3.09. The maximum atomic E-state index is 11.5. The summed E-state index contributed by atoms with van der Waals surface area (Å²) in [5.74, 6) is -3.47. The molecule has 0 unspecified atom stereocenters. The highest BCUT2D eigenvalue weighted by Gasteiger charge is 2.27. The third-order valence-corrected chi connectivity index (χ3v) is 4.46. The summed E-state index contributed by atoms with van der Waals surface area (Å²) in [4.78, 5) is 23.0. The van der Waals surface area contributed by atoms with Crippen LogP contribution in [0.15, 0.2) is 60.7 Å². The number of aliphatic hydroxyl groups excluding tert-OH is 1. The molecule has 2 rings (SSSR count). The summed E-state index contributed by atoms with van der Waals surface area (Å²) in [5, 5.41) is 29.2. The molecule has 0 aliphatic heterocycles. The Balaban J connectivity index is 1.97. The summed E-state index contributed by atoms with van der Waals surface area (Å²) < 4.78 is 0. The highest BCUT2D eigenvalue weighted by molar-refractivity contribution is 5.71. The molecule has 0 heterocycles. The van der Waals surface area contributed by atoms with Gasteiger partial charge < -0.3 is 15.3 Å². The van der Waals surface area contributed by atoms with Crippen LogP contribution in [0.25, 0.3) is 0 Å². The molecular formula is C21H24O5. The lowest BCUT2D eigenvalue weighted by Gasteiger charge is -2.20. The number of carboxylic acids is 2. The molecule has 5 heteroatoms. The van der Waals surface area contributed by atoms with Crippen LogP contribution in [-0.2, 0) is 22.4 Å². The number of aliphatic hydroxyl groups is 1. The monoisotopic (exact) mass is 356 g/mol. The lowest BCUT2D eigenvalue weighted by molar-refractivity contribution is -0.143. The van der Waals surface area contributed by atoms with Crippen LogP contribution in [0.2, 0.25) is 0 Å². The predicted octanol–water partition coefficient (Wildman–Crippen LogP) is 3.01. The van der Waals surface area contributed by atoms with Gasteiger partial charge >= 0.3 is 11.9 Å². The molecule has 0 aliphatic rings. The van der Waals surface area contributed by atoms with Crippen LogP contribution in [-0.4, -0.2) is 33.4 Å². The molecule has 0 amide bonds. The summed E-state index contributed by atoms with van der Waals surface area (Å²) >= 11 is 0. The number of hydrogen-bond acceptors (Lipinski definition) is 3. The summed E-state index contributed by atoms with van der Waals surface area (Å²) in [6.45, 7) is 0. The van der Waals surface area contributed by atoms with Gasteiger partial charge in [0.1, 0.15) is 0 Å². The Morgan fingerprint density at radius 1 is 0.692 bits per heavy atom. The van der Waals surface area contributed by atoms with E-state index < -0.39 is 29.9 Å². The maximum absolute atomic E-state index is 11.5. The molecule has 0 saturated carbocycles. The number of carbonyl (C=O) groups is 2. The lowest BCUT2D eigenvalue weighted by Crippen LogP contribution is -2.27. The van der Waals surface area contributed by atoms with Crippen molar-refractivity contribution in [1.82, 2.24) is 0 Å². The lowest BCUT2D eigenvalue weighted by atomic mass is 9.88. The Bertz CT molecular complexity index is 637. The van der Waals surface area contributed by atoms with Crippen LogP contribution in [0, 0.1) is 11.8 Å². The second kappa shape index (κ2) is 9.73. The molecule has 0 radical (unpaired) electrons. The minimum atomic E-state index is -0.983. The van der Waals surface area contributed by atoms with E-state index in [0.717, 1.165) is 11.1 Å². The van der Waals surface area contributed by atoms with Gasteiger partial charge in [-0.1, -0.05) is 60.7 Å². The first-order valence-electron chi connectivity index (χ1n) is 8.67. The number of aliphatic carboxylic acids is 2. The van der Waals surface area contributed by atoms with Crippen molar-refractivity contribution in [2.45, 2.75) is 31.8 Å². The van der Waals surface area contributed by atoms with E-state index in [0.29, 0.717) is 12.8 Å². The number of rotatable bonds is 10.